The van der Waals surface area contributed by atoms with E-state index in [1.54, 1.807) is 18.2 Å². The highest BCUT2D eigenvalue weighted by molar-refractivity contribution is 7.90. The van der Waals surface area contributed by atoms with Crippen molar-refractivity contribution in [2.75, 3.05) is 37.5 Å². The first-order valence-electron chi connectivity index (χ1n) is 9.92. The summed E-state index contributed by atoms with van der Waals surface area (Å²) in [6.07, 6.45) is 3.56. The number of benzene rings is 1. The largest absolute Gasteiger partial charge is 0.382 e. The lowest BCUT2D eigenvalue weighted by Crippen LogP contribution is -2.44. The van der Waals surface area contributed by atoms with Gasteiger partial charge in [0.05, 0.1) is 16.1 Å². The molecule has 1 aromatic carbocycles. The molecule has 0 unspecified atom stereocenters. The molecule has 8 nitrogen and oxygen atoms in total. The van der Waals surface area contributed by atoms with Crippen LogP contribution in [0, 0.1) is 6.92 Å². The summed E-state index contributed by atoms with van der Waals surface area (Å²) in [6.45, 7) is 6.36. The molecule has 3 rings (SSSR count). The summed E-state index contributed by atoms with van der Waals surface area (Å²) >= 11 is 0. The molecule has 1 aliphatic rings. The Balaban J connectivity index is 1.81. The minimum Gasteiger partial charge on any atom is -0.382 e. The maximum atomic E-state index is 12.7. The van der Waals surface area contributed by atoms with Gasteiger partial charge in [0.25, 0.3) is 0 Å². The summed E-state index contributed by atoms with van der Waals surface area (Å²) in [5.41, 5.74) is 1.33. The van der Waals surface area contributed by atoms with Gasteiger partial charge >= 0.3 is 0 Å². The fourth-order valence-electron chi connectivity index (χ4n) is 3.54. The Hall–Kier alpha value is -2.26. The average molecular weight is 421 g/mol. The normalized spacial score (nSPS) is 17.1. The number of carbonyl (C=O) groups excluding carboxylic acids is 1. The van der Waals surface area contributed by atoms with Gasteiger partial charge in [0.2, 0.25) is 11.9 Å². The number of anilines is 1. The summed E-state index contributed by atoms with van der Waals surface area (Å²) < 4.78 is 29.1. The Bertz CT molecular complexity index is 993. The maximum absolute atomic E-state index is 12.7. The number of hydrogen-bond donors (Lipinski definition) is 1. The summed E-state index contributed by atoms with van der Waals surface area (Å²) in [4.78, 5) is 24.0. The minimum atomic E-state index is -3.33. The third-order valence-corrected chi connectivity index (χ3v) is 6.17. The summed E-state index contributed by atoms with van der Waals surface area (Å²) in [6, 6.07) is 4.55. The molecule has 0 spiro atoms. The van der Waals surface area contributed by atoms with Crippen molar-refractivity contribution >= 4 is 32.6 Å². The number of rotatable bonds is 8. The number of fused-ring (bicyclic) bond motifs is 1. The Morgan fingerprint density at radius 1 is 1.34 bits per heavy atom. The second-order valence-corrected chi connectivity index (χ2v) is 9.27. The van der Waals surface area contributed by atoms with Gasteiger partial charge in [0, 0.05) is 37.9 Å². The molecule has 1 amide bonds. The molecule has 1 atom stereocenters. The van der Waals surface area contributed by atoms with E-state index in [1.165, 1.54) is 6.26 Å². The van der Waals surface area contributed by atoms with Gasteiger partial charge in [-0.1, -0.05) is 0 Å². The van der Waals surface area contributed by atoms with Gasteiger partial charge < -0.3 is 15.0 Å². The summed E-state index contributed by atoms with van der Waals surface area (Å²) in [5, 5.41) is 3.77. The van der Waals surface area contributed by atoms with E-state index in [2.05, 4.69) is 15.3 Å². The van der Waals surface area contributed by atoms with Gasteiger partial charge in [0.15, 0.2) is 9.84 Å². The molecule has 2 heterocycles. The van der Waals surface area contributed by atoms with Gasteiger partial charge in [0.1, 0.15) is 6.04 Å². The summed E-state index contributed by atoms with van der Waals surface area (Å²) in [7, 11) is -3.33. The zero-order chi connectivity index (χ0) is 21.0. The van der Waals surface area contributed by atoms with Crippen LogP contribution in [0.4, 0.5) is 5.95 Å². The number of nitrogens with zero attached hydrogens (tertiary/aromatic N) is 3. The van der Waals surface area contributed by atoms with Crippen LogP contribution in [-0.4, -0.2) is 62.9 Å². The van der Waals surface area contributed by atoms with Crippen molar-refractivity contribution in [1.29, 1.82) is 0 Å². The van der Waals surface area contributed by atoms with Gasteiger partial charge in [-0.3, -0.25) is 4.79 Å². The van der Waals surface area contributed by atoms with Crippen molar-refractivity contribution in [3.05, 3.63) is 23.9 Å². The fraction of sp³-hybridized carbons (Fsp3) is 0.550. The molecule has 1 aromatic heterocycles. The van der Waals surface area contributed by atoms with Crippen LogP contribution in [-0.2, 0) is 19.4 Å². The predicted molar refractivity (Wildman–Crippen MR) is 112 cm³/mol. The lowest BCUT2D eigenvalue weighted by atomic mass is 10.2. The first kappa shape index (κ1) is 21.4. The first-order valence-corrected chi connectivity index (χ1v) is 11.8. The maximum Gasteiger partial charge on any atom is 0.242 e. The second-order valence-electron chi connectivity index (χ2n) is 7.25. The van der Waals surface area contributed by atoms with Crippen molar-refractivity contribution in [3.8, 4) is 0 Å². The van der Waals surface area contributed by atoms with E-state index in [4.69, 9.17) is 4.74 Å². The molecule has 0 radical (unpaired) electrons. The smallest absolute Gasteiger partial charge is 0.242 e. The molecule has 0 saturated carbocycles. The van der Waals surface area contributed by atoms with E-state index in [-0.39, 0.29) is 16.8 Å². The van der Waals surface area contributed by atoms with Crippen LogP contribution < -0.4 is 10.2 Å². The van der Waals surface area contributed by atoms with Crippen molar-refractivity contribution in [2.24, 2.45) is 0 Å². The molecular weight excluding hydrogens is 392 g/mol. The van der Waals surface area contributed by atoms with Gasteiger partial charge in [-0.25, -0.2) is 18.4 Å². The molecule has 1 N–H and O–H groups in total. The van der Waals surface area contributed by atoms with E-state index >= 15 is 0 Å². The second kappa shape index (κ2) is 9.04. The Kier molecular flexibility index (Phi) is 6.69. The molecule has 1 aliphatic heterocycles. The van der Waals surface area contributed by atoms with Crippen molar-refractivity contribution in [2.45, 2.75) is 44.0 Å². The van der Waals surface area contributed by atoms with Crippen LogP contribution in [0.15, 0.2) is 23.1 Å². The molecule has 1 saturated heterocycles. The van der Waals surface area contributed by atoms with E-state index in [1.807, 2.05) is 18.7 Å². The highest BCUT2D eigenvalue weighted by Crippen LogP contribution is 2.27. The number of ether oxygens (including phenoxy) is 1. The highest BCUT2D eigenvalue weighted by atomic mass is 32.2. The lowest BCUT2D eigenvalue weighted by molar-refractivity contribution is -0.122. The zero-order valence-electron chi connectivity index (χ0n) is 17.1. The van der Waals surface area contributed by atoms with Gasteiger partial charge in [-0.2, -0.15) is 0 Å². The first-order chi connectivity index (χ1) is 13.8. The Morgan fingerprint density at radius 2 is 2.14 bits per heavy atom. The van der Waals surface area contributed by atoms with Crippen LogP contribution in [0.2, 0.25) is 0 Å². The van der Waals surface area contributed by atoms with Crippen LogP contribution in [0.25, 0.3) is 10.9 Å². The lowest BCUT2D eigenvalue weighted by Gasteiger charge is -2.24. The molecule has 1 fully saturated rings. The molecule has 29 heavy (non-hydrogen) atoms. The number of carbonyl (C=O) groups is 1. The van der Waals surface area contributed by atoms with Crippen LogP contribution >= 0.6 is 0 Å². The number of hydrogen-bond acceptors (Lipinski definition) is 7. The van der Waals surface area contributed by atoms with Gasteiger partial charge in [-0.15, -0.1) is 0 Å². The molecule has 0 aliphatic carbocycles. The van der Waals surface area contributed by atoms with Crippen LogP contribution in [0.1, 0.15) is 31.9 Å². The monoisotopic (exact) mass is 420 g/mol. The van der Waals surface area contributed by atoms with Crippen molar-refractivity contribution < 1.29 is 17.9 Å². The quantitative estimate of drug-likeness (QED) is 0.650. The fourth-order valence-corrected chi connectivity index (χ4v) is 4.18. The number of aromatic nitrogens is 2. The van der Waals surface area contributed by atoms with Gasteiger partial charge in [-0.05, 0) is 51.3 Å². The van der Waals surface area contributed by atoms with Crippen molar-refractivity contribution in [1.82, 2.24) is 15.3 Å². The molecule has 0 bridgehead atoms. The van der Waals surface area contributed by atoms with E-state index in [0.717, 1.165) is 30.3 Å². The molecular formula is C20H28N4O4S. The number of amides is 1. The SMILES string of the molecule is CCOCCCNC(=O)[C@@H]1CCCN1c1nc(C)c2ccc(S(C)(=O)=O)cc2n1. The van der Waals surface area contributed by atoms with Crippen molar-refractivity contribution in [3.63, 3.8) is 0 Å². The number of aryl methyl sites for hydroxylation is 1. The molecule has 9 heteroatoms. The van der Waals surface area contributed by atoms with Crippen LogP contribution in [0.5, 0.6) is 0 Å². The zero-order valence-corrected chi connectivity index (χ0v) is 18.0. The van der Waals surface area contributed by atoms with E-state index < -0.39 is 9.84 Å². The average Bonchev–Trinajstić information content (AvgIpc) is 3.16. The third kappa shape index (κ3) is 5.02. The number of sulfone groups is 1. The highest BCUT2D eigenvalue weighted by Gasteiger charge is 2.32. The topological polar surface area (TPSA) is 101 Å². The third-order valence-electron chi connectivity index (χ3n) is 5.06. The number of nitrogens with one attached hydrogen (secondary N) is 1. The Labute approximate surface area is 171 Å². The Morgan fingerprint density at radius 3 is 2.86 bits per heavy atom. The van der Waals surface area contributed by atoms with Crippen LogP contribution in [0.3, 0.4) is 0 Å². The van der Waals surface area contributed by atoms with E-state index in [0.29, 0.717) is 37.8 Å². The standard InChI is InChI=1S/C20H28N4O4S/c1-4-28-12-6-10-21-19(25)18-7-5-11-24(18)20-22-14(2)16-9-8-15(29(3,26)27)13-17(16)23-20/h8-9,13,18H,4-7,10-12H2,1-3H3,(H,21,25)/t18-/m0/s1. The van der Waals surface area contributed by atoms with E-state index in [9.17, 15) is 13.2 Å². The minimum absolute atomic E-state index is 0.0368. The predicted octanol–water partition coefficient (Wildman–Crippen LogP) is 1.85. The molecule has 158 valence electrons. The summed E-state index contributed by atoms with van der Waals surface area (Å²) in [5.74, 6) is 0.429. The molecule has 2 aromatic rings.